The Hall–Kier alpha value is -3.13. The topological polar surface area (TPSA) is 79.9 Å². The molecule has 0 radical (unpaired) electrons. The molecule has 8 heteroatoms. The van der Waals surface area contributed by atoms with Gasteiger partial charge in [-0.3, -0.25) is 14.5 Å². The maximum atomic E-state index is 13.8. The number of hydrogen-bond donors (Lipinski definition) is 2. The van der Waals surface area contributed by atoms with Gasteiger partial charge in [-0.25, -0.2) is 4.39 Å². The van der Waals surface area contributed by atoms with Crippen molar-refractivity contribution in [3.63, 3.8) is 0 Å². The second kappa shape index (κ2) is 9.70. The molecular weight excluding hydrogens is 365 g/mol. The number of amides is 2. The van der Waals surface area contributed by atoms with Crippen LogP contribution in [0.2, 0.25) is 0 Å². The average molecular weight is 389 g/mol. The molecule has 0 aliphatic rings. The number of likely N-dealkylation sites (N-methyl/N-ethyl adjacent to an activating group) is 1. The number of benzene rings is 2. The van der Waals surface area contributed by atoms with Gasteiger partial charge in [0.25, 0.3) is 0 Å². The zero-order valence-electron chi connectivity index (χ0n) is 16.3. The van der Waals surface area contributed by atoms with Gasteiger partial charge >= 0.3 is 0 Å². The molecule has 2 aromatic rings. The van der Waals surface area contributed by atoms with Crippen molar-refractivity contribution >= 4 is 23.2 Å². The molecule has 0 bridgehead atoms. The summed E-state index contributed by atoms with van der Waals surface area (Å²) in [7, 11) is 4.66. The number of ether oxygens (including phenoxy) is 2. The first-order chi connectivity index (χ1) is 13.3. The van der Waals surface area contributed by atoms with Crippen LogP contribution in [0.3, 0.4) is 0 Å². The summed E-state index contributed by atoms with van der Waals surface area (Å²) in [5.74, 6) is -0.279. The van der Waals surface area contributed by atoms with Gasteiger partial charge in [-0.15, -0.1) is 0 Å². The molecular formula is C20H24FN3O4. The summed E-state index contributed by atoms with van der Waals surface area (Å²) in [6, 6.07) is 9.64. The van der Waals surface area contributed by atoms with Gasteiger partial charge in [-0.05, 0) is 42.9 Å². The van der Waals surface area contributed by atoms with Crippen LogP contribution >= 0.6 is 0 Å². The number of rotatable bonds is 8. The van der Waals surface area contributed by atoms with E-state index in [2.05, 4.69) is 10.6 Å². The van der Waals surface area contributed by atoms with Gasteiger partial charge in [-0.2, -0.15) is 0 Å². The van der Waals surface area contributed by atoms with Crippen molar-refractivity contribution in [3.8, 4) is 11.5 Å². The van der Waals surface area contributed by atoms with E-state index in [1.807, 2.05) is 0 Å². The average Bonchev–Trinajstić information content (AvgIpc) is 2.61. The Morgan fingerprint density at radius 3 is 2.32 bits per heavy atom. The highest BCUT2D eigenvalue weighted by Crippen LogP contribution is 2.28. The van der Waals surface area contributed by atoms with Crippen molar-refractivity contribution < 1.29 is 23.5 Å². The van der Waals surface area contributed by atoms with Crippen LogP contribution in [0, 0.1) is 5.82 Å². The van der Waals surface area contributed by atoms with E-state index in [0.717, 1.165) is 5.56 Å². The van der Waals surface area contributed by atoms with Crippen LogP contribution in [-0.2, 0) is 16.1 Å². The van der Waals surface area contributed by atoms with Crippen LogP contribution in [0.5, 0.6) is 11.5 Å². The standard InChI is InChI=1S/C20H24FN3O4/c1-13(25)22-15-6-8-19(28-4)17(10-15)23-20(26)12-24(2)11-14-5-7-18(27-3)16(21)9-14/h5-10H,11-12H2,1-4H3,(H,22,25)(H,23,26). The lowest BCUT2D eigenvalue weighted by molar-refractivity contribution is -0.117. The maximum absolute atomic E-state index is 13.8. The van der Waals surface area contributed by atoms with Gasteiger partial charge in [0, 0.05) is 19.2 Å². The Bertz CT molecular complexity index is 857. The first-order valence-corrected chi connectivity index (χ1v) is 8.58. The Balaban J connectivity index is 2.00. The second-order valence-electron chi connectivity index (χ2n) is 6.29. The first-order valence-electron chi connectivity index (χ1n) is 8.58. The van der Waals surface area contributed by atoms with Crippen LogP contribution in [0.1, 0.15) is 12.5 Å². The fourth-order valence-corrected chi connectivity index (χ4v) is 2.70. The van der Waals surface area contributed by atoms with E-state index in [1.165, 1.54) is 27.2 Å². The Morgan fingerprint density at radius 1 is 1.04 bits per heavy atom. The molecule has 2 aromatic carbocycles. The molecule has 7 nitrogen and oxygen atoms in total. The van der Waals surface area contributed by atoms with E-state index < -0.39 is 5.82 Å². The fraction of sp³-hybridized carbons (Fsp3) is 0.300. The number of methoxy groups -OCH3 is 2. The zero-order chi connectivity index (χ0) is 20.7. The number of nitrogens with one attached hydrogen (secondary N) is 2. The lowest BCUT2D eigenvalue weighted by atomic mass is 10.2. The van der Waals surface area contributed by atoms with Crippen LogP contribution in [0.25, 0.3) is 0 Å². The van der Waals surface area contributed by atoms with E-state index in [0.29, 0.717) is 23.7 Å². The summed E-state index contributed by atoms with van der Waals surface area (Å²) in [4.78, 5) is 25.4. The zero-order valence-corrected chi connectivity index (χ0v) is 16.3. The van der Waals surface area contributed by atoms with Crippen molar-refractivity contribution in [2.75, 3.05) is 38.4 Å². The lowest BCUT2D eigenvalue weighted by Crippen LogP contribution is -2.30. The quantitative estimate of drug-likeness (QED) is 0.726. The van der Waals surface area contributed by atoms with E-state index in [-0.39, 0.29) is 24.1 Å². The van der Waals surface area contributed by atoms with Gasteiger partial charge < -0.3 is 20.1 Å². The van der Waals surface area contributed by atoms with Crippen molar-refractivity contribution in [3.05, 3.63) is 47.8 Å². The van der Waals surface area contributed by atoms with E-state index in [9.17, 15) is 14.0 Å². The van der Waals surface area contributed by atoms with E-state index in [1.54, 1.807) is 42.3 Å². The molecule has 0 atom stereocenters. The highest BCUT2D eigenvalue weighted by Gasteiger charge is 2.13. The molecule has 2 amide bonds. The highest BCUT2D eigenvalue weighted by molar-refractivity contribution is 5.95. The summed E-state index contributed by atoms with van der Waals surface area (Å²) < 4.78 is 23.9. The Morgan fingerprint density at radius 2 is 1.71 bits per heavy atom. The summed E-state index contributed by atoms with van der Waals surface area (Å²) in [5.41, 5.74) is 1.71. The molecule has 0 heterocycles. The monoisotopic (exact) mass is 389 g/mol. The van der Waals surface area contributed by atoms with Gasteiger partial charge in [0.15, 0.2) is 11.6 Å². The van der Waals surface area contributed by atoms with Crippen molar-refractivity contribution in [2.45, 2.75) is 13.5 Å². The molecule has 0 fully saturated rings. The lowest BCUT2D eigenvalue weighted by Gasteiger charge is -2.18. The van der Waals surface area contributed by atoms with Gasteiger partial charge in [0.05, 0.1) is 26.5 Å². The number of anilines is 2. The third kappa shape index (κ3) is 5.95. The Labute approximate surface area is 163 Å². The fourth-order valence-electron chi connectivity index (χ4n) is 2.70. The minimum Gasteiger partial charge on any atom is -0.495 e. The molecule has 0 aliphatic carbocycles. The second-order valence-corrected chi connectivity index (χ2v) is 6.29. The highest BCUT2D eigenvalue weighted by atomic mass is 19.1. The first kappa shape index (κ1) is 21.2. The molecule has 0 aromatic heterocycles. The normalized spacial score (nSPS) is 10.5. The molecule has 150 valence electrons. The Kier molecular flexibility index (Phi) is 7.34. The van der Waals surface area contributed by atoms with Gasteiger partial charge in [0.1, 0.15) is 5.75 Å². The van der Waals surface area contributed by atoms with Gasteiger partial charge in [-0.1, -0.05) is 6.07 Å². The predicted octanol–water partition coefficient (Wildman–Crippen LogP) is 2.87. The van der Waals surface area contributed by atoms with Crippen LogP contribution in [0.4, 0.5) is 15.8 Å². The SMILES string of the molecule is COc1ccc(CN(C)CC(=O)Nc2cc(NC(C)=O)ccc2OC)cc1F. The van der Waals surface area contributed by atoms with Crippen molar-refractivity contribution in [1.29, 1.82) is 0 Å². The predicted molar refractivity (Wildman–Crippen MR) is 105 cm³/mol. The number of halogens is 1. The molecule has 2 N–H and O–H groups in total. The molecule has 0 saturated heterocycles. The summed E-state index contributed by atoms with van der Waals surface area (Å²) in [6.45, 7) is 1.87. The molecule has 0 spiro atoms. The van der Waals surface area contributed by atoms with E-state index in [4.69, 9.17) is 9.47 Å². The minimum absolute atomic E-state index is 0.0845. The maximum Gasteiger partial charge on any atom is 0.238 e. The number of carbonyl (C=O) groups is 2. The largest absolute Gasteiger partial charge is 0.495 e. The number of hydrogen-bond acceptors (Lipinski definition) is 5. The van der Waals surface area contributed by atoms with Crippen LogP contribution in [0.15, 0.2) is 36.4 Å². The molecule has 0 saturated carbocycles. The van der Waals surface area contributed by atoms with E-state index >= 15 is 0 Å². The summed E-state index contributed by atoms with van der Waals surface area (Å²) in [5, 5.41) is 5.43. The molecule has 2 rings (SSSR count). The summed E-state index contributed by atoms with van der Waals surface area (Å²) >= 11 is 0. The van der Waals surface area contributed by atoms with Crippen molar-refractivity contribution in [1.82, 2.24) is 4.90 Å². The van der Waals surface area contributed by atoms with Crippen LogP contribution < -0.4 is 20.1 Å². The summed E-state index contributed by atoms with van der Waals surface area (Å²) in [6.07, 6.45) is 0. The number of nitrogens with zero attached hydrogens (tertiary/aromatic N) is 1. The third-order valence-corrected chi connectivity index (χ3v) is 3.88. The smallest absolute Gasteiger partial charge is 0.238 e. The van der Waals surface area contributed by atoms with Crippen molar-refractivity contribution in [2.24, 2.45) is 0 Å². The third-order valence-electron chi connectivity index (χ3n) is 3.88. The minimum atomic E-state index is -0.447. The molecule has 0 aliphatic heterocycles. The molecule has 0 unspecified atom stereocenters. The van der Waals surface area contributed by atoms with Crippen LogP contribution in [-0.4, -0.2) is 44.5 Å². The molecule has 28 heavy (non-hydrogen) atoms. The van der Waals surface area contributed by atoms with Gasteiger partial charge in [0.2, 0.25) is 11.8 Å². The number of carbonyl (C=O) groups excluding carboxylic acids is 2.